The van der Waals surface area contributed by atoms with Crippen LogP contribution in [-0.4, -0.2) is 23.7 Å². The van der Waals surface area contributed by atoms with E-state index in [1.807, 2.05) is 26.0 Å². The fourth-order valence-corrected chi connectivity index (χ4v) is 1.78. The number of ether oxygens (including phenoxy) is 1. The number of aryl methyl sites for hydroxylation is 2. The van der Waals surface area contributed by atoms with Gasteiger partial charge in [-0.3, -0.25) is 0 Å². The van der Waals surface area contributed by atoms with Gasteiger partial charge in [-0.05, 0) is 43.5 Å². The van der Waals surface area contributed by atoms with Crippen molar-refractivity contribution in [1.29, 1.82) is 0 Å². The lowest BCUT2D eigenvalue weighted by molar-refractivity contribution is 0.105. The van der Waals surface area contributed by atoms with Crippen LogP contribution in [0.4, 0.5) is 0 Å². The quantitative estimate of drug-likeness (QED) is 0.826. The van der Waals surface area contributed by atoms with Gasteiger partial charge in [0.05, 0.1) is 11.1 Å². The average Bonchev–Trinajstić information content (AvgIpc) is 2.22. The molecule has 0 saturated heterocycles. The number of rotatable bonds is 5. The summed E-state index contributed by atoms with van der Waals surface area (Å²) >= 11 is 11.5. The van der Waals surface area contributed by atoms with Gasteiger partial charge in [0.15, 0.2) is 0 Å². The van der Waals surface area contributed by atoms with Crippen molar-refractivity contribution >= 4 is 23.2 Å². The smallest absolute Gasteiger partial charge is 0.138 e. The van der Waals surface area contributed by atoms with Crippen LogP contribution in [0.5, 0.6) is 5.75 Å². The van der Waals surface area contributed by atoms with Crippen molar-refractivity contribution in [1.82, 2.24) is 0 Å². The Morgan fingerprint density at radius 3 is 2.56 bits per heavy atom. The maximum absolute atomic E-state index is 9.47. The Labute approximate surface area is 106 Å². The molecule has 1 rings (SSSR count). The normalized spacial score (nSPS) is 12.6. The number of halogens is 2. The summed E-state index contributed by atoms with van der Waals surface area (Å²) in [6.45, 7) is 4.20. The van der Waals surface area contributed by atoms with Gasteiger partial charge >= 0.3 is 0 Å². The maximum atomic E-state index is 9.47. The van der Waals surface area contributed by atoms with Crippen LogP contribution in [0.2, 0.25) is 5.02 Å². The Kier molecular flexibility index (Phi) is 5.39. The summed E-state index contributed by atoms with van der Waals surface area (Å²) in [5, 5.41) is 10.0. The Morgan fingerprint density at radius 1 is 1.31 bits per heavy atom. The van der Waals surface area contributed by atoms with Crippen molar-refractivity contribution in [2.45, 2.75) is 26.4 Å². The second-order valence-corrected chi connectivity index (χ2v) is 4.59. The van der Waals surface area contributed by atoms with Gasteiger partial charge < -0.3 is 9.84 Å². The predicted octanol–water partition coefficient (Wildman–Crippen LogP) is 3.33. The van der Waals surface area contributed by atoms with Crippen LogP contribution < -0.4 is 4.74 Å². The maximum Gasteiger partial charge on any atom is 0.138 e. The highest BCUT2D eigenvalue weighted by atomic mass is 35.5. The summed E-state index contributed by atoms with van der Waals surface area (Å²) in [5.41, 5.74) is 2.24. The zero-order chi connectivity index (χ0) is 12.1. The molecule has 0 aliphatic heterocycles. The number of alkyl halides is 1. The number of hydrogen-bond donors (Lipinski definition) is 1. The van der Waals surface area contributed by atoms with Crippen LogP contribution in [0, 0.1) is 13.8 Å². The summed E-state index contributed by atoms with van der Waals surface area (Å²) < 4.78 is 5.45. The third-order valence-corrected chi connectivity index (χ3v) is 2.94. The molecule has 0 aliphatic carbocycles. The SMILES string of the molecule is Cc1cc(Cl)c(OCC(O)CCCl)cc1C. The van der Waals surface area contributed by atoms with Gasteiger partial charge in [0.1, 0.15) is 12.4 Å². The molecular weight excluding hydrogens is 247 g/mol. The standard InChI is InChI=1S/C12H16Cl2O2/c1-8-5-11(14)12(6-9(8)2)16-7-10(15)3-4-13/h5-6,10,15H,3-4,7H2,1-2H3. The van der Waals surface area contributed by atoms with Gasteiger partial charge in [0, 0.05) is 5.88 Å². The molecule has 0 heterocycles. The zero-order valence-electron chi connectivity index (χ0n) is 9.46. The molecular formula is C12H16Cl2O2. The summed E-state index contributed by atoms with van der Waals surface area (Å²) in [4.78, 5) is 0. The van der Waals surface area contributed by atoms with E-state index in [-0.39, 0.29) is 6.61 Å². The zero-order valence-corrected chi connectivity index (χ0v) is 11.0. The average molecular weight is 263 g/mol. The van der Waals surface area contributed by atoms with Crippen molar-refractivity contribution < 1.29 is 9.84 Å². The Hall–Kier alpha value is -0.440. The minimum atomic E-state index is -0.546. The fraction of sp³-hybridized carbons (Fsp3) is 0.500. The van der Waals surface area contributed by atoms with Crippen molar-refractivity contribution in [3.05, 3.63) is 28.3 Å². The van der Waals surface area contributed by atoms with E-state index in [0.717, 1.165) is 11.1 Å². The molecule has 0 aliphatic rings. The lowest BCUT2D eigenvalue weighted by Crippen LogP contribution is -2.18. The van der Waals surface area contributed by atoms with Gasteiger partial charge in [-0.25, -0.2) is 0 Å². The van der Waals surface area contributed by atoms with Gasteiger partial charge in [-0.1, -0.05) is 11.6 Å². The number of aliphatic hydroxyl groups is 1. The lowest BCUT2D eigenvalue weighted by atomic mass is 10.1. The van der Waals surface area contributed by atoms with Crippen molar-refractivity contribution in [3.8, 4) is 5.75 Å². The number of hydrogen-bond acceptors (Lipinski definition) is 2. The van der Waals surface area contributed by atoms with Crippen LogP contribution in [0.25, 0.3) is 0 Å². The number of benzene rings is 1. The minimum Gasteiger partial charge on any atom is -0.489 e. The molecule has 1 aromatic rings. The van der Waals surface area contributed by atoms with Crippen LogP contribution in [0.15, 0.2) is 12.1 Å². The highest BCUT2D eigenvalue weighted by molar-refractivity contribution is 6.32. The van der Waals surface area contributed by atoms with E-state index in [2.05, 4.69) is 0 Å². The van der Waals surface area contributed by atoms with Gasteiger partial charge in [0.2, 0.25) is 0 Å². The molecule has 4 heteroatoms. The van der Waals surface area contributed by atoms with E-state index in [9.17, 15) is 5.11 Å². The second kappa shape index (κ2) is 6.33. The van der Waals surface area contributed by atoms with E-state index in [1.54, 1.807) is 0 Å². The largest absolute Gasteiger partial charge is 0.489 e. The molecule has 1 aromatic carbocycles. The van der Waals surface area contributed by atoms with E-state index in [1.165, 1.54) is 0 Å². The van der Waals surface area contributed by atoms with E-state index in [0.29, 0.717) is 23.1 Å². The topological polar surface area (TPSA) is 29.5 Å². The van der Waals surface area contributed by atoms with E-state index < -0.39 is 6.10 Å². The predicted molar refractivity (Wildman–Crippen MR) is 67.8 cm³/mol. The molecule has 0 saturated carbocycles. The van der Waals surface area contributed by atoms with Gasteiger partial charge in [-0.2, -0.15) is 0 Å². The van der Waals surface area contributed by atoms with Crippen molar-refractivity contribution in [2.75, 3.05) is 12.5 Å². The van der Waals surface area contributed by atoms with Crippen LogP contribution in [-0.2, 0) is 0 Å². The van der Waals surface area contributed by atoms with Gasteiger partial charge in [-0.15, -0.1) is 11.6 Å². The highest BCUT2D eigenvalue weighted by Crippen LogP contribution is 2.27. The van der Waals surface area contributed by atoms with Crippen LogP contribution in [0.3, 0.4) is 0 Å². The molecule has 0 radical (unpaired) electrons. The Bertz CT molecular complexity index is 353. The molecule has 0 fully saturated rings. The highest BCUT2D eigenvalue weighted by Gasteiger charge is 2.08. The summed E-state index contributed by atoms with van der Waals surface area (Å²) in [6.07, 6.45) is -0.0283. The summed E-state index contributed by atoms with van der Waals surface area (Å²) in [7, 11) is 0. The van der Waals surface area contributed by atoms with Crippen LogP contribution in [0.1, 0.15) is 17.5 Å². The lowest BCUT2D eigenvalue weighted by Gasteiger charge is -2.13. The first-order valence-corrected chi connectivity index (χ1v) is 6.09. The molecule has 0 aromatic heterocycles. The Morgan fingerprint density at radius 2 is 1.94 bits per heavy atom. The third kappa shape index (κ3) is 3.85. The fourth-order valence-electron chi connectivity index (χ4n) is 1.26. The summed E-state index contributed by atoms with van der Waals surface area (Å²) in [6, 6.07) is 3.74. The van der Waals surface area contributed by atoms with Crippen molar-refractivity contribution in [2.24, 2.45) is 0 Å². The first-order valence-electron chi connectivity index (χ1n) is 5.18. The summed E-state index contributed by atoms with van der Waals surface area (Å²) in [5.74, 6) is 1.03. The second-order valence-electron chi connectivity index (χ2n) is 3.81. The molecule has 0 bridgehead atoms. The molecule has 1 N–H and O–H groups in total. The molecule has 1 atom stereocenters. The van der Waals surface area contributed by atoms with Crippen molar-refractivity contribution in [3.63, 3.8) is 0 Å². The third-order valence-electron chi connectivity index (χ3n) is 2.42. The van der Waals surface area contributed by atoms with E-state index >= 15 is 0 Å². The monoisotopic (exact) mass is 262 g/mol. The first kappa shape index (κ1) is 13.6. The molecule has 2 nitrogen and oxygen atoms in total. The molecule has 1 unspecified atom stereocenters. The number of aliphatic hydroxyl groups excluding tert-OH is 1. The molecule has 0 spiro atoms. The molecule has 90 valence electrons. The minimum absolute atomic E-state index is 0.217. The van der Waals surface area contributed by atoms with E-state index in [4.69, 9.17) is 27.9 Å². The van der Waals surface area contributed by atoms with Crippen LogP contribution >= 0.6 is 23.2 Å². The first-order chi connectivity index (χ1) is 7.54. The molecule has 0 amide bonds. The van der Waals surface area contributed by atoms with Gasteiger partial charge in [0.25, 0.3) is 0 Å². The Balaban J connectivity index is 2.63. The molecule has 16 heavy (non-hydrogen) atoms.